The van der Waals surface area contributed by atoms with Crippen molar-refractivity contribution >= 4 is 11.9 Å². The minimum atomic E-state index is -0.830. The average molecular weight is 591 g/mol. The second-order valence-corrected chi connectivity index (χ2v) is 11.6. The van der Waals surface area contributed by atoms with Crippen molar-refractivity contribution in [3.63, 3.8) is 0 Å². The van der Waals surface area contributed by atoms with Crippen LogP contribution in [0.25, 0.3) is 0 Å². The minimum absolute atomic E-state index is 0.116. The van der Waals surface area contributed by atoms with E-state index in [9.17, 15) is 19.8 Å². The van der Waals surface area contributed by atoms with Crippen LogP contribution in [0, 0.1) is 5.92 Å². The van der Waals surface area contributed by atoms with Gasteiger partial charge in [-0.3, -0.25) is 9.59 Å². The molecule has 0 aromatic carbocycles. The highest BCUT2D eigenvalue weighted by atomic mass is 16.6. The molecule has 42 heavy (non-hydrogen) atoms. The Kier molecular flexibility index (Phi) is 28.7. The molecule has 0 aliphatic rings. The third-order valence-corrected chi connectivity index (χ3v) is 6.88. The van der Waals surface area contributed by atoms with Gasteiger partial charge in [0.25, 0.3) is 0 Å². The lowest BCUT2D eigenvalue weighted by atomic mass is 10.0. The van der Waals surface area contributed by atoms with E-state index in [0.717, 1.165) is 38.0 Å². The maximum atomic E-state index is 12.1. The van der Waals surface area contributed by atoms with Gasteiger partial charge in [0.1, 0.15) is 6.61 Å². The molecule has 0 amide bonds. The SMILES string of the molecule is CCCCC/C=C\C/C=C\CC(O)/C=C\C=C\CCCC(=O)O[C@@H](CO)COC(=O)CCCCCCCCCC(C)C. The Hall–Kier alpha value is -2.18. The quantitative estimate of drug-likeness (QED) is 0.0410. The Morgan fingerprint density at radius 1 is 0.738 bits per heavy atom. The van der Waals surface area contributed by atoms with Gasteiger partial charge < -0.3 is 19.7 Å². The van der Waals surface area contributed by atoms with Gasteiger partial charge >= 0.3 is 11.9 Å². The van der Waals surface area contributed by atoms with Crippen molar-refractivity contribution in [2.45, 2.75) is 149 Å². The topological polar surface area (TPSA) is 93.1 Å². The van der Waals surface area contributed by atoms with Crippen LogP contribution >= 0.6 is 0 Å². The molecule has 0 aliphatic heterocycles. The van der Waals surface area contributed by atoms with Crippen molar-refractivity contribution in [1.82, 2.24) is 0 Å². The summed E-state index contributed by atoms with van der Waals surface area (Å²) in [5, 5.41) is 19.5. The number of carbonyl (C=O) groups is 2. The molecule has 2 N–H and O–H groups in total. The highest BCUT2D eigenvalue weighted by Crippen LogP contribution is 2.13. The number of ether oxygens (including phenoxy) is 2. The summed E-state index contributed by atoms with van der Waals surface area (Å²) in [7, 11) is 0. The number of hydrogen-bond donors (Lipinski definition) is 2. The number of esters is 2. The zero-order valence-electron chi connectivity index (χ0n) is 27.0. The lowest BCUT2D eigenvalue weighted by molar-refractivity contribution is -0.161. The maximum Gasteiger partial charge on any atom is 0.306 e. The molecule has 6 heteroatoms. The summed E-state index contributed by atoms with van der Waals surface area (Å²) >= 11 is 0. The van der Waals surface area contributed by atoms with Gasteiger partial charge in [0.15, 0.2) is 6.10 Å². The van der Waals surface area contributed by atoms with Gasteiger partial charge in [0, 0.05) is 12.8 Å². The van der Waals surface area contributed by atoms with Crippen LogP contribution in [0.2, 0.25) is 0 Å². The Morgan fingerprint density at radius 3 is 2.12 bits per heavy atom. The molecule has 0 saturated carbocycles. The second-order valence-electron chi connectivity index (χ2n) is 11.6. The van der Waals surface area contributed by atoms with Gasteiger partial charge in [-0.2, -0.15) is 0 Å². The van der Waals surface area contributed by atoms with E-state index in [-0.39, 0.29) is 25.6 Å². The number of aliphatic hydroxyl groups is 2. The fourth-order valence-electron chi connectivity index (χ4n) is 4.28. The van der Waals surface area contributed by atoms with E-state index in [1.54, 1.807) is 6.08 Å². The predicted octanol–water partition coefficient (Wildman–Crippen LogP) is 8.72. The van der Waals surface area contributed by atoms with E-state index in [0.29, 0.717) is 25.7 Å². The molecular formula is C36H62O6. The molecule has 6 nitrogen and oxygen atoms in total. The summed E-state index contributed by atoms with van der Waals surface area (Å²) in [5.41, 5.74) is 0. The van der Waals surface area contributed by atoms with Gasteiger partial charge in [0.05, 0.1) is 12.7 Å². The fourth-order valence-corrected chi connectivity index (χ4v) is 4.28. The van der Waals surface area contributed by atoms with Crippen LogP contribution < -0.4 is 0 Å². The number of aliphatic hydroxyl groups excluding tert-OH is 2. The molecule has 0 aromatic heterocycles. The highest BCUT2D eigenvalue weighted by molar-refractivity contribution is 5.70. The molecule has 0 aliphatic carbocycles. The van der Waals surface area contributed by atoms with Gasteiger partial charge in [0.2, 0.25) is 0 Å². The summed E-state index contributed by atoms with van der Waals surface area (Å²) in [6.07, 6.45) is 32.1. The largest absolute Gasteiger partial charge is 0.462 e. The number of unbranched alkanes of at least 4 members (excludes halogenated alkanes) is 10. The summed E-state index contributed by atoms with van der Waals surface area (Å²) in [6.45, 7) is 6.23. The Labute approximate surface area is 257 Å². The van der Waals surface area contributed by atoms with Crippen molar-refractivity contribution in [3.05, 3.63) is 48.6 Å². The first-order valence-electron chi connectivity index (χ1n) is 16.7. The standard InChI is InChI=1S/C36H62O6/c1-4-5-6-7-8-9-12-16-21-26-33(38)27-22-17-14-19-24-29-36(40)42-34(30-37)31-41-35(39)28-23-18-13-10-11-15-20-25-32(2)3/h8-9,14,16-17,21-22,27,32-34,37-38H,4-7,10-13,15,18-20,23-26,28-31H2,1-3H3/b9-8-,17-14+,21-16-,27-22-/t33?,34-/m0/s1. The van der Waals surface area contributed by atoms with Gasteiger partial charge in [-0.25, -0.2) is 0 Å². The molecule has 0 fully saturated rings. The van der Waals surface area contributed by atoms with Crippen LogP contribution in [0.4, 0.5) is 0 Å². The van der Waals surface area contributed by atoms with E-state index in [1.807, 2.05) is 24.3 Å². The molecule has 0 bridgehead atoms. The van der Waals surface area contributed by atoms with E-state index >= 15 is 0 Å². The first-order chi connectivity index (χ1) is 20.4. The van der Waals surface area contributed by atoms with Crippen LogP contribution in [0.15, 0.2) is 48.6 Å². The molecule has 0 radical (unpaired) electrons. The van der Waals surface area contributed by atoms with Crippen LogP contribution in [-0.2, 0) is 19.1 Å². The van der Waals surface area contributed by atoms with Crippen molar-refractivity contribution in [2.24, 2.45) is 5.92 Å². The van der Waals surface area contributed by atoms with Gasteiger partial charge in [-0.1, -0.05) is 127 Å². The van der Waals surface area contributed by atoms with Gasteiger partial charge in [-0.15, -0.1) is 0 Å². The van der Waals surface area contributed by atoms with Crippen LogP contribution in [-0.4, -0.2) is 47.6 Å². The van der Waals surface area contributed by atoms with E-state index in [4.69, 9.17) is 9.47 Å². The Balaban J connectivity index is 3.84. The molecule has 2 atom stereocenters. The Morgan fingerprint density at radius 2 is 1.40 bits per heavy atom. The summed E-state index contributed by atoms with van der Waals surface area (Å²) < 4.78 is 10.5. The molecular weight excluding hydrogens is 528 g/mol. The van der Waals surface area contributed by atoms with Crippen molar-refractivity contribution < 1.29 is 29.3 Å². The highest BCUT2D eigenvalue weighted by Gasteiger charge is 2.15. The van der Waals surface area contributed by atoms with Crippen LogP contribution in [0.1, 0.15) is 136 Å². The van der Waals surface area contributed by atoms with Crippen molar-refractivity contribution in [2.75, 3.05) is 13.2 Å². The number of hydrogen-bond acceptors (Lipinski definition) is 6. The molecule has 242 valence electrons. The minimum Gasteiger partial charge on any atom is -0.462 e. The molecule has 1 unspecified atom stereocenters. The molecule has 0 saturated heterocycles. The first-order valence-corrected chi connectivity index (χ1v) is 16.7. The van der Waals surface area contributed by atoms with Crippen LogP contribution in [0.3, 0.4) is 0 Å². The third-order valence-electron chi connectivity index (χ3n) is 6.88. The fraction of sp³-hybridized carbons (Fsp3) is 0.722. The monoisotopic (exact) mass is 590 g/mol. The smallest absolute Gasteiger partial charge is 0.306 e. The maximum absolute atomic E-state index is 12.1. The summed E-state index contributed by atoms with van der Waals surface area (Å²) in [6, 6.07) is 0. The second kappa shape index (κ2) is 30.3. The summed E-state index contributed by atoms with van der Waals surface area (Å²) in [5.74, 6) is 0.0507. The number of rotatable bonds is 28. The molecule has 0 heterocycles. The van der Waals surface area contributed by atoms with E-state index < -0.39 is 18.2 Å². The Bertz CT molecular complexity index is 752. The lowest BCUT2D eigenvalue weighted by Gasteiger charge is -2.15. The summed E-state index contributed by atoms with van der Waals surface area (Å²) in [4.78, 5) is 24.1. The van der Waals surface area contributed by atoms with Crippen molar-refractivity contribution in [1.29, 1.82) is 0 Å². The molecule has 0 spiro atoms. The number of carbonyl (C=O) groups excluding carboxylic acids is 2. The van der Waals surface area contributed by atoms with Gasteiger partial charge in [-0.05, 0) is 50.9 Å². The average Bonchev–Trinajstić information content (AvgIpc) is 2.96. The number of allylic oxidation sites excluding steroid dienone is 6. The van der Waals surface area contributed by atoms with Crippen molar-refractivity contribution in [3.8, 4) is 0 Å². The third kappa shape index (κ3) is 29.3. The normalized spacial score (nSPS) is 13.7. The van der Waals surface area contributed by atoms with E-state index in [1.165, 1.54) is 51.4 Å². The zero-order valence-corrected chi connectivity index (χ0v) is 27.0. The lowest BCUT2D eigenvalue weighted by Crippen LogP contribution is -2.28. The first kappa shape index (κ1) is 39.8. The predicted molar refractivity (Wildman–Crippen MR) is 174 cm³/mol. The molecule has 0 aromatic rings. The zero-order chi connectivity index (χ0) is 31.1. The van der Waals surface area contributed by atoms with E-state index in [2.05, 4.69) is 39.0 Å². The molecule has 0 rings (SSSR count). The van der Waals surface area contributed by atoms with Crippen LogP contribution in [0.5, 0.6) is 0 Å².